The highest BCUT2D eigenvalue weighted by molar-refractivity contribution is 6.30. The summed E-state index contributed by atoms with van der Waals surface area (Å²) in [5, 5.41) is 0.415. The maximum Gasteiger partial charge on any atom is 0.416 e. The van der Waals surface area contributed by atoms with E-state index in [0.717, 1.165) is 4.90 Å². The summed E-state index contributed by atoms with van der Waals surface area (Å²) in [7, 11) is 0. The highest BCUT2D eigenvalue weighted by atomic mass is 35.5. The molecule has 1 atom stereocenters. The lowest BCUT2D eigenvalue weighted by Crippen LogP contribution is -2.63. The zero-order valence-corrected chi connectivity index (χ0v) is 17.7. The summed E-state index contributed by atoms with van der Waals surface area (Å²) < 4.78 is 79.6. The molecule has 2 aromatic rings. The van der Waals surface area contributed by atoms with Crippen molar-refractivity contribution in [2.24, 2.45) is 5.73 Å². The van der Waals surface area contributed by atoms with E-state index in [-0.39, 0.29) is 31.9 Å². The molecule has 0 bridgehead atoms. The third kappa shape index (κ3) is 5.26. The van der Waals surface area contributed by atoms with Gasteiger partial charge in [-0.3, -0.25) is 9.59 Å². The fourth-order valence-electron chi connectivity index (χ4n) is 3.84. The second-order valence-corrected chi connectivity index (χ2v) is 8.17. The number of nitrogens with two attached hydrogens (primary N) is 1. The Labute approximate surface area is 190 Å². The van der Waals surface area contributed by atoms with E-state index in [0.29, 0.717) is 22.7 Å². The van der Waals surface area contributed by atoms with Gasteiger partial charge in [0.15, 0.2) is 0 Å². The zero-order valence-electron chi connectivity index (χ0n) is 16.9. The third-order valence-electron chi connectivity index (χ3n) is 5.50. The molecule has 1 aliphatic heterocycles. The van der Waals surface area contributed by atoms with Gasteiger partial charge in [-0.15, -0.1) is 0 Å². The predicted octanol–water partition coefficient (Wildman–Crippen LogP) is 5.28. The molecule has 2 N–H and O–H groups in total. The Morgan fingerprint density at radius 1 is 0.970 bits per heavy atom. The van der Waals surface area contributed by atoms with E-state index < -0.39 is 46.4 Å². The van der Waals surface area contributed by atoms with Gasteiger partial charge in [0.05, 0.1) is 11.1 Å². The largest absolute Gasteiger partial charge is 0.416 e. The number of primary amides is 1. The van der Waals surface area contributed by atoms with Crippen molar-refractivity contribution in [1.29, 1.82) is 0 Å². The average molecular weight is 492 g/mol. The van der Waals surface area contributed by atoms with Crippen molar-refractivity contribution in [1.82, 2.24) is 4.90 Å². The zero-order chi connectivity index (χ0) is 24.6. The van der Waals surface area contributed by atoms with E-state index in [1.54, 1.807) is 30.7 Å². The lowest BCUT2D eigenvalue weighted by atomic mass is 9.80. The van der Waals surface area contributed by atoms with Crippen molar-refractivity contribution < 1.29 is 35.9 Å². The molecule has 0 aliphatic carbocycles. The maximum absolute atomic E-state index is 13.3. The molecular formula is C22H18ClF6N2O2. The van der Waals surface area contributed by atoms with Gasteiger partial charge in [0.2, 0.25) is 5.91 Å². The molecule has 0 unspecified atom stereocenters. The molecule has 177 valence electrons. The summed E-state index contributed by atoms with van der Waals surface area (Å²) in [6.45, 7) is -0.104. The van der Waals surface area contributed by atoms with Crippen LogP contribution in [-0.2, 0) is 23.6 Å². The molecule has 2 aromatic carbocycles. The van der Waals surface area contributed by atoms with E-state index in [4.69, 9.17) is 17.3 Å². The van der Waals surface area contributed by atoms with Gasteiger partial charge in [-0.25, -0.2) is 0 Å². The minimum Gasteiger partial charge on any atom is -0.368 e. The lowest BCUT2D eigenvalue weighted by Gasteiger charge is -2.45. The van der Waals surface area contributed by atoms with Gasteiger partial charge in [-0.2, -0.15) is 26.3 Å². The Hall–Kier alpha value is -2.75. The van der Waals surface area contributed by atoms with E-state index in [1.807, 2.05) is 0 Å². The minimum absolute atomic E-state index is 0.0121. The van der Waals surface area contributed by atoms with Gasteiger partial charge in [0.25, 0.3) is 5.91 Å². The number of alkyl halides is 6. The molecule has 0 saturated carbocycles. The van der Waals surface area contributed by atoms with Crippen molar-refractivity contribution in [3.63, 3.8) is 0 Å². The molecule has 33 heavy (non-hydrogen) atoms. The van der Waals surface area contributed by atoms with E-state index in [1.165, 1.54) is 0 Å². The van der Waals surface area contributed by atoms with Crippen molar-refractivity contribution in [3.8, 4) is 0 Å². The molecular weight excluding hydrogens is 474 g/mol. The third-order valence-corrected chi connectivity index (χ3v) is 5.76. The first-order valence-corrected chi connectivity index (χ1v) is 10.1. The predicted molar refractivity (Wildman–Crippen MR) is 108 cm³/mol. The number of nitrogens with zero attached hydrogens (tertiary/aromatic N) is 1. The molecule has 0 aromatic heterocycles. The van der Waals surface area contributed by atoms with Gasteiger partial charge in [0, 0.05) is 23.6 Å². The number of piperidine rings is 1. The van der Waals surface area contributed by atoms with Crippen LogP contribution in [0.3, 0.4) is 0 Å². The standard InChI is InChI=1S/C22H18ClF6N2O2/c23-17-5-3-13(4-6-17)12-20(19(30)33)7-1-2-8-31(20)18(32)14-9-15(21(24,25)26)11-16(10-14)22(27,28)29/h1,3-6,9-11H,2,7-8,12H2,(H2,30,33)/t20-/m1/s1. The summed E-state index contributed by atoms with van der Waals surface area (Å²) in [6.07, 6.45) is -8.34. The average Bonchev–Trinajstić information content (AvgIpc) is 2.73. The van der Waals surface area contributed by atoms with Crippen LogP contribution < -0.4 is 5.73 Å². The van der Waals surface area contributed by atoms with Crippen LogP contribution in [0.2, 0.25) is 5.02 Å². The van der Waals surface area contributed by atoms with Crippen molar-refractivity contribution in [2.45, 2.75) is 37.2 Å². The first-order valence-electron chi connectivity index (χ1n) is 9.71. The highest BCUT2D eigenvalue weighted by Gasteiger charge is 2.47. The van der Waals surface area contributed by atoms with E-state index in [2.05, 4.69) is 0 Å². The Bertz CT molecular complexity index is 1020. The van der Waals surface area contributed by atoms with Crippen LogP contribution in [-0.4, -0.2) is 28.8 Å². The number of carbonyl (C=O) groups excluding carboxylic acids is 2. The number of likely N-dealkylation sites (tertiary alicyclic amines) is 1. The Morgan fingerprint density at radius 2 is 1.52 bits per heavy atom. The molecule has 4 nitrogen and oxygen atoms in total. The summed E-state index contributed by atoms with van der Waals surface area (Å²) in [4.78, 5) is 26.8. The fourth-order valence-corrected chi connectivity index (χ4v) is 3.97. The first kappa shape index (κ1) is 24.9. The van der Waals surface area contributed by atoms with Gasteiger partial charge in [0.1, 0.15) is 5.54 Å². The number of halogens is 7. The molecule has 3 rings (SSSR count). The molecule has 1 saturated heterocycles. The van der Waals surface area contributed by atoms with Crippen LogP contribution in [0.5, 0.6) is 0 Å². The van der Waals surface area contributed by atoms with Gasteiger partial charge in [-0.1, -0.05) is 23.7 Å². The van der Waals surface area contributed by atoms with Crippen molar-refractivity contribution >= 4 is 23.4 Å². The number of amides is 2. The number of rotatable bonds is 4. The Balaban J connectivity index is 2.09. The van der Waals surface area contributed by atoms with Crippen LogP contribution in [0, 0.1) is 6.42 Å². The molecule has 2 amide bonds. The first-order chi connectivity index (χ1) is 15.2. The molecule has 11 heteroatoms. The molecule has 1 fully saturated rings. The second kappa shape index (κ2) is 8.89. The van der Waals surface area contributed by atoms with Gasteiger partial charge in [-0.05, 0) is 55.2 Å². The molecule has 1 heterocycles. The van der Waals surface area contributed by atoms with Crippen LogP contribution >= 0.6 is 11.6 Å². The van der Waals surface area contributed by atoms with Crippen LogP contribution in [0.1, 0.15) is 39.9 Å². The summed E-state index contributed by atoms with van der Waals surface area (Å²) in [5.41, 5.74) is 0.466. The van der Waals surface area contributed by atoms with Crippen LogP contribution in [0.4, 0.5) is 26.3 Å². The van der Waals surface area contributed by atoms with Gasteiger partial charge < -0.3 is 10.6 Å². The van der Waals surface area contributed by atoms with Crippen molar-refractivity contribution in [2.75, 3.05) is 6.54 Å². The summed E-state index contributed by atoms with van der Waals surface area (Å²) >= 11 is 5.87. The molecule has 1 aliphatic rings. The van der Waals surface area contributed by atoms with E-state index >= 15 is 0 Å². The van der Waals surface area contributed by atoms with Crippen molar-refractivity contribution in [3.05, 3.63) is 76.2 Å². The number of hydrogen-bond acceptors (Lipinski definition) is 2. The SMILES string of the molecule is NC(=O)[C@]1(Cc2ccc(Cl)cc2)C[CH]CCN1C(=O)c1cc(C(F)(F)F)cc(C(F)(F)F)c1. The quantitative estimate of drug-likeness (QED) is 0.591. The summed E-state index contributed by atoms with van der Waals surface area (Å²) in [5.74, 6) is -2.07. The Kier molecular flexibility index (Phi) is 6.70. The number of benzene rings is 2. The lowest BCUT2D eigenvalue weighted by molar-refractivity contribution is -0.143. The normalized spacial score (nSPS) is 19.4. The summed E-state index contributed by atoms with van der Waals surface area (Å²) in [6, 6.07) is 6.93. The highest BCUT2D eigenvalue weighted by Crippen LogP contribution is 2.38. The van der Waals surface area contributed by atoms with Crippen LogP contribution in [0.15, 0.2) is 42.5 Å². The van der Waals surface area contributed by atoms with E-state index in [9.17, 15) is 35.9 Å². The monoisotopic (exact) mass is 491 g/mol. The second-order valence-electron chi connectivity index (χ2n) is 7.73. The smallest absolute Gasteiger partial charge is 0.368 e. The van der Waals surface area contributed by atoms with Gasteiger partial charge >= 0.3 is 12.4 Å². The minimum atomic E-state index is -5.12. The number of carbonyl (C=O) groups is 2. The molecule has 1 radical (unpaired) electrons. The Morgan fingerprint density at radius 3 is 2.00 bits per heavy atom. The topological polar surface area (TPSA) is 63.4 Å². The maximum atomic E-state index is 13.3. The molecule has 0 spiro atoms. The fraction of sp³-hybridized carbons (Fsp3) is 0.318. The number of hydrogen-bond donors (Lipinski definition) is 1. The van der Waals surface area contributed by atoms with Crippen LogP contribution in [0.25, 0.3) is 0 Å².